The van der Waals surface area contributed by atoms with E-state index in [4.69, 9.17) is 0 Å². The van der Waals surface area contributed by atoms with Gasteiger partial charge in [0.2, 0.25) is 0 Å². The number of para-hydroxylation sites is 1. The fourth-order valence-corrected chi connectivity index (χ4v) is 4.82. The summed E-state index contributed by atoms with van der Waals surface area (Å²) in [4.78, 5) is 32.5. The van der Waals surface area contributed by atoms with Crippen LogP contribution in [0.25, 0.3) is 22.0 Å². The Morgan fingerprint density at radius 2 is 1.71 bits per heavy atom. The molecule has 0 atom stereocenters. The van der Waals surface area contributed by atoms with E-state index in [1.54, 1.807) is 16.8 Å². The topological polar surface area (TPSA) is 80.1 Å². The molecule has 0 spiro atoms. The number of anilines is 1. The highest BCUT2D eigenvalue weighted by molar-refractivity contribution is 6.05. The Balaban J connectivity index is 1.11. The van der Waals surface area contributed by atoms with Crippen LogP contribution in [0.1, 0.15) is 37.9 Å². The molecule has 1 fully saturated rings. The van der Waals surface area contributed by atoms with Crippen molar-refractivity contribution in [1.29, 1.82) is 0 Å². The minimum absolute atomic E-state index is 0.0347. The summed E-state index contributed by atoms with van der Waals surface area (Å²) in [5.41, 5.74) is 6.58. The second kappa shape index (κ2) is 9.59. The number of carbonyl (C=O) groups excluding carboxylic acids is 2. The Morgan fingerprint density at radius 1 is 0.921 bits per heavy atom. The van der Waals surface area contributed by atoms with Gasteiger partial charge in [-0.15, -0.1) is 0 Å². The summed E-state index contributed by atoms with van der Waals surface area (Å²) in [6.07, 6.45) is 3.85. The predicted octanol–water partition coefficient (Wildman–Crippen LogP) is 5.44. The second-order valence-corrected chi connectivity index (χ2v) is 9.80. The van der Waals surface area contributed by atoms with Crippen molar-refractivity contribution in [3.05, 3.63) is 114 Å². The molecule has 1 aliphatic heterocycles. The number of nitrogens with one attached hydrogen (secondary N) is 1. The summed E-state index contributed by atoms with van der Waals surface area (Å²) in [6.45, 7) is 3.25. The summed E-state index contributed by atoms with van der Waals surface area (Å²) in [7, 11) is 1.91. The number of nitrogens with zero attached hydrogens (tertiary/aromatic N) is 4. The maximum atomic E-state index is 13.2. The molecule has 2 aromatic heterocycles. The van der Waals surface area contributed by atoms with Crippen molar-refractivity contribution in [1.82, 2.24) is 19.7 Å². The molecule has 1 N–H and O–H groups in total. The number of carbonyl (C=O) groups is 2. The van der Waals surface area contributed by atoms with E-state index in [0.717, 1.165) is 27.6 Å². The lowest BCUT2D eigenvalue weighted by atomic mass is 9.90. The van der Waals surface area contributed by atoms with Gasteiger partial charge in [-0.3, -0.25) is 14.3 Å². The lowest BCUT2D eigenvalue weighted by Crippen LogP contribution is -2.48. The molecular weight excluding hydrogens is 474 g/mol. The van der Waals surface area contributed by atoms with Crippen LogP contribution in [0, 0.1) is 6.92 Å². The molecule has 6 rings (SSSR count). The molecule has 188 valence electrons. The zero-order valence-corrected chi connectivity index (χ0v) is 21.3. The van der Waals surface area contributed by atoms with E-state index < -0.39 is 0 Å². The molecule has 0 unspecified atom stereocenters. The van der Waals surface area contributed by atoms with Gasteiger partial charge in [0, 0.05) is 54.5 Å². The zero-order chi connectivity index (χ0) is 26.2. The number of benzene rings is 3. The summed E-state index contributed by atoms with van der Waals surface area (Å²) < 4.78 is 1.79. The van der Waals surface area contributed by atoms with E-state index in [1.807, 2.05) is 73.7 Å². The van der Waals surface area contributed by atoms with E-state index in [2.05, 4.69) is 39.7 Å². The van der Waals surface area contributed by atoms with Gasteiger partial charge in [0.1, 0.15) is 5.69 Å². The maximum Gasteiger partial charge on any atom is 0.274 e. The average Bonchev–Trinajstić information content (AvgIpc) is 3.35. The monoisotopic (exact) mass is 501 g/mol. The fraction of sp³-hybridized carbons (Fsp3) is 0.161. The van der Waals surface area contributed by atoms with Gasteiger partial charge >= 0.3 is 0 Å². The summed E-state index contributed by atoms with van der Waals surface area (Å²) in [5.74, 6) is -0.0275. The first-order chi connectivity index (χ1) is 18.4. The fourth-order valence-electron chi connectivity index (χ4n) is 4.82. The van der Waals surface area contributed by atoms with Gasteiger partial charge in [-0.2, -0.15) is 5.10 Å². The van der Waals surface area contributed by atoms with E-state index in [9.17, 15) is 9.59 Å². The lowest BCUT2D eigenvalue weighted by Gasteiger charge is -2.39. The Hall–Kier alpha value is -4.78. The molecule has 0 aliphatic carbocycles. The Morgan fingerprint density at radius 3 is 2.47 bits per heavy atom. The zero-order valence-electron chi connectivity index (χ0n) is 21.3. The minimum Gasteiger partial charge on any atom is -0.337 e. The number of hydrogen-bond donors (Lipinski definition) is 1. The summed E-state index contributed by atoms with van der Waals surface area (Å²) in [5, 5.41) is 8.15. The number of aromatic nitrogens is 3. The Bertz CT molecular complexity index is 1670. The molecule has 38 heavy (non-hydrogen) atoms. The van der Waals surface area contributed by atoms with E-state index in [-0.39, 0.29) is 11.8 Å². The normalized spacial score (nSPS) is 13.4. The number of hydrogen-bond acceptors (Lipinski definition) is 4. The second-order valence-electron chi connectivity index (χ2n) is 9.80. The molecule has 7 nitrogen and oxygen atoms in total. The van der Waals surface area contributed by atoms with Crippen LogP contribution in [0.2, 0.25) is 0 Å². The number of fused-ring (bicyclic) bond motifs is 1. The van der Waals surface area contributed by atoms with E-state index in [1.165, 1.54) is 5.56 Å². The van der Waals surface area contributed by atoms with Crippen molar-refractivity contribution in [3.8, 4) is 11.1 Å². The van der Waals surface area contributed by atoms with Crippen LogP contribution in [0.15, 0.2) is 91.3 Å². The van der Waals surface area contributed by atoms with Crippen LogP contribution in [-0.2, 0) is 7.05 Å². The molecule has 0 saturated carbocycles. The van der Waals surface area contributed by atoms with Crippen molar-refractivity contribution in [2.45, 2.75) is 12.8 Å². The molecular formula is C31H27N5O2. The SMILES string of the molecule is Cc1ccc(C(=O)N2CC(c3ccc(-c4cnn(C)c4)cc3)C2)cc1NC(=O)c1ccc2ccccc2n1. The van der Waals surface area contributed by atoms with Crippen molar-refractivity contribution >= 4 is 28.4 Å². The number of pyridine rings is 1. The van der Waals surface area contributed by atoms with Crippen LogP contribution >= 0.6 is 0 Å². The van der Waals surface area contributed by atoms with Crippen LogP contribution in [-0.4, -0.2) is 44.6 Å². The number of rotatable bonds is 5. The first-order valence-electron chi connectivity index (χ1n) is 12.6. The lowest BCUT2D eigenvalue weighted by molar-refractivity contribution is 0.0602. The van der Waals surface area contributed by atoms with Gasteiger partial charge in [0.05, 0.1) is 11.7 Å². The van der Waals surface area contributed by atoms with Crippen molar-refractivity contribution in [2.75, 3.05) is 18.4 Å². The standard InChI is InChI=1S/C31H27N5O2/c1-20-7-8-24(15-29(20)34-30(37)28-14-13-23-5-3-4-6-27(23)33-28)31(38)36-18-26(19-36)22-11-9-21(10-12-22)25-16-32-35(2)17-25/h3-17,26H,18-19H2,1-2H3,(H,34,37). The van der Waals surface area contributed by atoms with Crippen molar-refractivity contribution in [2.24, 2.45) is 7.05 Å². The molecule has 0 radical (unpaired) electrons. The molecule has 1 saturated heterocycles. The van der Waals surface area contributed by atoms with Crippen LogP contribution in [0.3, 0.4) is 0 Å². The molecule has 5 aromatic rings. The van der Waals surface area contributed by atoms with Gasteiger partial charge < -0.3 is 10.2 Å². The number of likely N-dealkylation sites (tertiary alicyclic amines) is 1. The smallest absolute Gasteiger partial charge is 0.274 e. The van der Waals surface area contributed by atoms with Crippen molar-refractivity contribution in [3.63, 3.8) is 0 Å². The molecule has 1 aliphatic rings. The predicted molar refractivity (Wildman–Crippen MR) is 148 cm³/mol. The molecule has 2 amide bonds. The Kier molecular flexibility index (Phi) is 5.96. The van der Waals surface area contributed by atoms with Gasteiger partial charge in [0.25, 0.3) is 11.8 Å². The first-order valence-corrected chi connectivity index (χ1v) is 12.6. The highest BCUT2D eigenvalue weighted by atomic mass is 16.2. The molecule has 3 heterocycles. The van der Waals surface area contributed by atoms with Gasteiger partial charge in [-0.05, 0) is 47.9 Å². The molecule has 3 aromatic carbocycles. The van der Waals surface area contributed by atoms with Crippen molar-refractivity contribution < 1.29 is 9.59 Å². The highest BCUT2D eigenvalue weighted by Gasteiger charge is 2.32. The third kappa shape index (κ3) is 4.54. The number of amides is 2. The largest absolute Gasteiger partial charge is 0.337 e. The number of aryl methyl sites for hydroxylation is 2. The van der Waals surface area contributed by atoms with Gasteiger partial charge in [-0.1, -0.05) is 54.6 Å². The third-order valence-corrected chi connectivity index (χ3v) is 7.15. The van der Waals surface area contributed by atoms with Gasteiger partial charge in [0.15, 0.2) is 0 Å². The summed E-state index contributed by atoms with van der Waals surface area (Å²) >= 11 is 0. The highest BCUT2D eigenvalue weighted by Crippen LogP contribution is 2.31. The first kappa shape index (κ1) is 23.6. The summed E-state index contributed by atoms with van der Waals surface area (Å²) in [6, 6.07) is 25.2. The minimum atomic E-state index is -0.304. The van der Waals surface area contributed by atoms with Crippen LogP contribution < -0.4 is 5.32 Å². The third-order valence-electron chi connectivity index (χ3n) is 7.15. The molecule has 7 heteroatoms. The van der Waals surface area contributed by atoms with Crippen LogP contribution in [0.5, 0.6) is 0 Å². The maximum absolute atomic E-state index is 13.2. The van der Waals surface area contributed by atoms with E-state index in [0.29, 0.717) is 36.0 Å². The average molecular weight is 502 g/mol. The van der Waals surface area contributed by atoms with E-state index >= 15 is 0 Å². The quantitative estimate of drug-likeness (QED) is 0.348. The Labute approximate surface area is 220 Å². The van der Waals surface area contributed by atoms with Gasteiger partial charge in [-0.25, -0.2) is 4.98 Å². The molecule has 0 bridgehead atoms. The van der Waals surface area contributed by atoms with Crippen LogP contribution in [0.4, 0.5) is 5.69 Å².